The number of amides is 3. The van der Waals surface area contributed by atoms with Crippen LogP contribution in [-0.4, -0.2) is 77.0 Å². The van der Waals surface area contributed by atoms with Gasteiger partial charge in [-0.25, -0.2) is 4.79 Å². The second-order valence-corrected chi connectivity index (χ2v) is 6.87. The van der Waals surface area contributed by atoms with E-state index in [2.05, 4.69) is 0 Å². The van der Waals surface area contributed by atoms with E-state index in [4.69, 9.17) is 5.11 Å². The van der Waals surface area contributed by atoms with Crippen LogP contribution < -0.4 is 0 Å². The van der Waals surface area contributed by atoms with Gasteiger partial charge in [0, 0.05) is 39.3 Å². The van der Waals surface area contributed by atoms with Crippen LogP contribution in [0.4, 0.5) is 4.79 Å². The van der Waals surface area contributed by atoms with Crippen molar-refractivity contribution < 1.29 is 19.5 Å². The molecule has 7 nitrogen and oxygen atoms in total. The van der Waals surface area contributed by atoms with Crippen LogP contribution in [0.15, 0.2) is 0 Å². The molecule has 0 aromatic carbocycles. The zero-order chi connectivity index (χ0) is 16.4. The van der Waals surface area contributed by atoms with Crippen LogP contribution >= 0.6 is 0 Å². The molecule has 1 N–H and O–H groups in total. The molecule has 128 valence electrons. The standard InChI is InChI=1S/C16H25N3O4/c20-14(18-9-5-13(11-18)15(21)22)12-4-3-8-19(10-12)16(23)17-6-1-2-7-17/h12-13H,1-11H2,(H,21,22). The van der Waals surface area contributed by atoms with E-state index in [1.54, 1.807) is 4.90 Å². The highest BCUT2D eigenvalue weighted by Gasteiger charge is 2.37. The first-order chi connectivity index (χ1) is 11.1. The fourth-order valence-corrected chi connectivity index (χ4v) is 3.88. The Morgan fingerprint density at radius 2 is 1.39 bits per heavy atom. The quantitative estimate of drug-likeness (QED) is 0.817. The molecule has 0 aromatic rings. The van der Waals surface area contributed by atoms with Gasteiger partial charge in [-0.3, -0.25) is 9.59 Å². The molecule has 0 radical (unpaired) electrons. The van der Waals surface area contributed by atoms with Crippen molar-refractivity contribution in [2.45, 2.75) is 32.1 Å². The number of piperidine rings is 1. The van der Waals surface area contributed by atoms with Crippen molar-refractivity contribution in [3.63, 3.8) is 0 Å². The molecular formula is C16H25N3O4. The van der Waals surface area contributed by atoms with Crippen molar-refractivity contribution in [3.05, 3.63) is 0 Å². The molecule has 3 aliphatic rings. The molecule has 3 saturated heterocycles. The third kappa shape index (κ3) is 3.43. The van der Waals surface area contributed by atoms with Gasteiger partial charge >= 0.3 is 12.0 Å². The number of aliphatic carboxylic acids is 1. The molecule has 7 heteroatoms. The number of urea groups is 1. The molecular weight excluding hydrogens is 298 g/mol. The van der Waals surface area contributed by atoms with Gasteiger partial charge in [-0.15, -0.1) is 0 Å². The smallest absolute Gasteiger partial charge is 0.320 e. The van der Waals surface area contributed by atoms with Gasteiger partial charge in [-0.1, -0.05) is 0 Å². The first kappa shape index (κ1) is 16.1. The number of carbonyl (C=O) groups is 3. The summed E-state index contributed by atoms with van der Waals surface area (Å²) in [6.07, 6.45) is 4.28. The van der Waals surface area contributed by atoms with Crippen molar-refractivity contribution in [2.24, 2.45) is 11.8 Å². The number of nitrogens with zero attached hydrogens (tertiary/aromatic N) is 3. The van der Waals surface area contributed by atoms with Crippen LogP contribution in [0.1, 0.15) is 32.1 Å². The lowest BCUT2D eigenvalue weighted by atomic mass is 9.96. The normalized spacial score (nSPS) is 28.3. The molecule has 0 aliphatic carbocycles. The zero-order valence-corrected chi connectivity index (χ0v) is 13.4. The van der Waals surface area contributed by atoms with E-state index in [1.807, 2.05) is 9.80 Å². The van der Waals surface area contributed by atoms with Crippen molar-refractivity contribution in [1.82, 2.24) is 14.7 Å². The lowest BCUT2D eigenvalue weighted by Gasteiger charge is -2.36. The summed E-state index contributed by atoms with van der Waals surface area (Å²) in [5, 5.41) is 9.06. The summed E-state index contributed by atoms with van der Waals surface area (Å²) in [6, 6.07) is 0.0600. The van der Waals surface area contributed by atoms with Gasteiger partial charge in [0.25, 0.3) is 0 Å². The summed E-state index contributed by atoms with van der Waals surface area (Å²) in [6.45, 7) is 3.66. The molecule has 3 aliphatic heterocycles. The van der Waals surface area contributed by atoms with Crippen LogP contribution in [0.5, 0.6) is 0 Å². The Balaban J connectivity index is 1.56. The lowest BCUT2D eigenvalue weighted by Crippen LogP contribution is -2.50. The van der Waals surface area contributed by atoms with Crippen LogP contribution in [-0.2, 0) is 9.59 Å². The summed E-state index contributed by atoms with van der Waals surface area (Å²) in [4.78, 5) is 41.5. The lowest BCUT2D eigenvalue weighted by molar-refractivity contribution is -0.141. The number of likely N-dealkylation sites (tertiary alicyclic amines) is 3. The molecule has 23 heavy (non-hydrogen) atoms. The predicted molar refractivity (Wildman–Crippen MR) is 82.8 cm³/mol. The molecule has 2 atom stereocenters. The number of carboxylic acids is 1. The number of rotatable bonds is 2. The van der Waals surface area contributed by atoms with E-state index >= 15 is 0 Å². The van der Waals surface area contributed by atoms with Gasteiger partial charge in [0.15, 0.2) is 0 Å². The maximum atomic E-state index is 12.6. The molecule has 3 rings (SSSR count). The molecule has 3 fully saturated rings. The Kier molecular flexibility index (Phi) is 4.73. The predicted octanol–water partition coefficient (Wildman–Crippen LogP) is 0.847. The summed E-state index contributed by atoms with van der Waals surface area (Å²) in [7, 11) is 0. The maximum absolute atomic E-state index is 12.6. The van der Waals surface area contributed by atoms with Gasteiger partial charge in [0.1, 0.15) is 0 Å². The first-order valence-corrected chi connectivity index (χ1v) is 8.61. The Bertz CT molecular complexity index is 490. The first-order valence-electron chi connectivity index (χ1n) is 8.61. The van der Waals surface area contributed by atoms with Gasteiger partial charge < -0.3 is 19.8 Å². The zero-order valence-electron chi connectivity index (χ0n) is 13.4. The summed E-state index contributed by atoms with van der Waals surface area (Å²) < 4.78 is 0. The van der Waals surface area contributed by atoms with Gasteiger partial charge in [-0.2, -0.15) is 0 Å². The number of carbonyl (C=O) groups excluding carboxylic acids is 2. The molecule has 3 heterocycles. The highest BCUT2D eigenvalue weighted by molar-refractivity contribution is 5.82. The number of carboxylic acid groups (broad SMARTS) is 1. The molecule has 0 bridgehead atoms. The van der Waals surface area contributed by atoms with Crippen molar-refractivity contribution in [1.29, 1.82) is 0 Å². The molecule has 0 saturated carbocycles. The Labute approximate surface area is 136 Å². The van der Waals surface area contributed by atoms with E-state index in [1.165, 1.54) is 0 Å². The highest BCUT2D eigenvalue weighted by atomic mass is 16.4. The average Bonchev–Trinajstić information content (AvgIpc) is 3.25. The second kappa shape index (κ2) is 6.76. The Hall–Kier alpha value is -1.79. The van der Waals surface area contributed by atoms with Gasteiger partial charge in [0.2, 0.25) is 5.91 Å². The largest absolute Gasteiger partial charge is 0.481 e. The fraction of sp³-hybridized carbons (Fsp3) is 0.812. The average molecular weight is 323 g/mol. The molecule has 0 spiro atoms. The number of hydrogen-bond donors (Lipinski definition) is 1. The van der Waals surface area contributed by atoms with E-state index in [0.717, 1.165) is 45.3 Å². The van der Waals surface area contributed by atoms with Crippen molar-refractivity contribution >= 4 is 17.9 Å². The summed E-state index contributed by atoms with van der Waals surface area (Å²) in [5.41, 5.74) is 0. The minimum atomic E-state index is -0.824. The minimum absolute atomic E-state index is 0.0210. The third-order valence-corrected chi connectivity index (χ3v) is 5.27. The summed E-state index contributed by atoms with van der Waals surface area (Å²) in [5.74, 6) is -1.42. The van der Waals surface area contributed by atoms with Crippen LogP contribution in [0.3, 0.4) is 0 Å². The second-order valence-electron chi connectivity index (χ2n) is 6.87. The van der Waals surface area contributed by atoms with Crippen LogP contribution in [0.25, 0.3) is 0 Å². The van der Waals surface area contributed by atoms with E-state index < -0.39 is 11.9 Å². The highest BCUT2D eigenvalue weighted by Crippen LogP contribution is 2.24. The molecule has 3 amide bonds. The van der Waals surface area contributed by atoms with Gasteiger partial charge in [-0.05, 0) is 32.1 Å². The number of hydrogen-bond acceptors (Lipinski definition) is 3. The van der Waals surface area contributed by atoms with Crippen LogP contribution in [0.2, 0.25) is 0 Å². The Morgan fingerprint density at radius 3 is 2.04 bits per heavy atom. The molecule has 2 unspecified atom stereocenters. The Morgan fingerprint density at radius 1 is 0.739 bits per heavy atom. The monoisotopic (exact) mass is 323 g/mol. The van der Waals surface area contributed by atoms with Crippen LogP contribution in [0, 0.1) is 11.8 Å². The van der Waals surface area contributed by atoms with E-state index in [0.29, 0.717) is 26.1 Å². The topological polar surface area (TPSA) is 81.2 Å². The van der Waals surface area contributed by atoms with E-state index in [9.17, 15) is 14.4 Å². The maximum Gasteiger partial charge on any atom is 0.320 e. The fourth-order valence-electron chi connectivity index (χ4n) is 3.88. The van der Waals surface area contributed by atoms with Gasteiger partial charge in [0.05, 0.1) is 11.8 Å². The third-order valence-electron chi connectivity index (χ3n) is 5.27. The SMILES string of the molecule is O=C(O)C1CCN(C(=O)C2CCCN(C(=O)N3CCCC3)C2)C1. The summed E-state index contributed by atoms with van der Waals surface area (Å²) >= 11 is 0. The molecule has 0 aromatic heterocycles. The van der Waals surface area contributed by atoms with Crippen molar-refractivity contribution in [2.75, 3.05) is 39.3 Å². The van der Waals surface area contributed by atoms with E-state index in [-0.39, 0.29) is 17.9 Å². The minimum Gasteiger partial charge on any atom is -0.481 e. The van der Waals surface area contributed by atoms with Crippen molar-refractivity contribution in [3.8, 4) is 0 Å².